The van der Waals surface area contributed by atoms with E-state index in [1.807, 2.05) is 0 Å². The predicted octanol–water partition coefficient (Wildman–Crippen LogP) is 1.40. The van der Waals surface area contributed by atoms with Gasteiger partial charge in [-0.3, -0.25) is 9.00 Å². The maximum absolute atomic E-state index is 12.9. The lowest BCUT2D eigenvalue weighted by Crippen LogP contribution is -2.11. The number of ether oxygens (including phenoxy) is 1. The molecule has 1 unspecified atom stereocenters. The van der Waals surface area contributed by atoms with Crippen LogP contribution in [0, 0.1) is 5.82 Å². The largest absolute Gasteiger partial charge is 0.496 e. The first-order valence-electron chi connectivity index (χ1n) is 4.21. The molecule has 0 heterocycles. The molecule has 0 radical (unpaired) electrons. The van der Waals surface area contributed by atoms with Gasteiger partial charge in [-0.25, -0.2) is 4.39 Å². The Labute approximate surface area is 89.7 Å². The minimum absolute atomic E-state index is 0.125. The van der Waals surface area contributed by atoms with Crippen molar-refractivity contribution >= 4 is 16.6 Å². The molecule has 0 aliphatic rings. The number of carbonyl (C=O) groups is 1. The zero-order valence-corrected chi connectivity index (χ0v) is 9.27. The second kappa shape index (κ2) is 5.02. The molecule has 0 aromatic heterocycles. The first-order valence-corrected chi connectivity index (χ1v) is 5.94. The third-order valence-electron chi connectivity index (χ3n) is 1.80. The van der Waals surface area contributed by atoms with Crippen LogP contribution in [0.25, 0.3) is 0 Å². The summed E-state index contributed by atoms with van der Waals surface area (Å²) in [5.74, 6) is -0.722. The van der Waals surface area contributed by atoms with E-state index in [-0.39, 0.29) is 17.1 Å². The fourth-order valence-corrected chi connectivity index (χ4v) is 1.69. The van der Waals surface area contributed by atoms with Gasteiger partial charge >= 0.3 is 0 Å². The Balaban J connectivity index is 3.05. The highest BCUT2D eigenvalue weighted by atomic mass is 32.2. The molecular formula is C10H11FO3S. The predicted molar refractivity (Wildman–Crippen MR) is 56.2 cm³/mol. The van der Waals surface area contributed by atoms with Gasteiger partial charge in [-0.05, 0) is 18.2 Å². The first-order chi connectivity index (χ1) is 7.04. The second-order valence-corrected chi connectivity index (χ2v) is 4.42. The van der Waals surface area contributed by atoms with E-state index >= 15 is 0 Å². The van der Waals surface area contributed by atoms with Gasteiger partial charge in [0, 0.05) is 17.1 Å². The lowest BCUT2D eigenvalue weighted by atomic mass is 10.1. The molecule has 0 saturated carbocycles. The van der Waals surface area contributed by atoms with Crippen molar-refractivity contribution < 1.29 is 18.1 Å². The fraction of sp³-hybridized carbons (Fsp3) is 0.300. The zero-order valence-electron chi connectivity index (χ0n) is 8.45. The normalized spacial score (nSPS) is 12.2. The van der Waals surface area contributed by atoms with Crippen LogP contribution in [-0.4, -0.2) is 29.1 Å². The van der Waals surface area contributed by atoms with Crippen molar-refractivity contribution in [2.24, 2.45) is 0 Å². The van der Waals surface area contributed by atoms with Crippen LogP contribution in [0.3, 0.4) is 0 Å². The molecule has 0 fully saturated rings. The summed E-state index contributed by atoms with van der Waals surface area (Å²) in [4.78, 5) is 11.5. The van der Waals surface area contributed by atoms with Gasteiger partial charge < -0.3 is 4.74 Å². The summed E-state index contributed by atoms with van der Waals surface area (Å²) < 4.78 is 28.7. The van der Waals surface area contributed by atoms with Gasteiger partial charge in [0.05, 0.1) is 18.4 Å². The van der Waals surface area contributed by atoms with Crippen molar-refractivity contribution in [3.8, 4) is 5.75 Å². The maximum Gasteiger partial charge on any atom is 0.179 e. The van der Waals surface area contributed by atoms with Crippen LogP contribution in [0.5, 0.6) is 5.75 Å². The second-order valence-electron chi connectivity index (χ2n) is 2.99. The van der Waals surface area contributed by atoms with Crippen LogP contribution < -0.4 is 4.74 Å². The van der Waals surface area contributed by atoms with E-state index in [0.29, 0.717) is 5.75 Å². The summed E-state index contributed by atoms with van der Waals surface area (Å²) in [6, 6.07) is 3.67. The SMILES string of the molecule is COc1ccc(F)cc1C(=O)CS(C)=O. The van der Waals surface area contributed by atoms with Crippen molar-refractivity contribution in [1.82, 2.24) is 0 Å². The molecule has 0 N–H and O–H groups in total. The Hall–Kier alpha value is -1.23. The number of rotatable bonds is 4. The van der Waals surface area contributed by atoms with Gasteiger partial charge in [0.2, 0.25) is 0 Å². The Kier molecular flexibility index (Phi) is 3.96. The van der Waals surface area contributed by atoms with Gasteiger partial charge in [-0.15, -0.1) is 0 Å². The van der Waals surface area contributed by atoms with E-state index in [0.717, 1.165) is 6.07 Å². The van der Waals surface area contributed by atoms with E-state index in [1.165, 1.54) is 25.5 Å². The number of carbonyl (C=O) groups excluding carboxylic acids is 1. The molecule has 5 heteroatoms. The highest BCUT2D eigenvalue weighted by Crippen LogP contribution is 2.19. The average molecular weight is 230 g/mol. The van der Waals surface area contributed by atoms with E-state index in [4.69, 9.17) is 4.74 Å². The first kappa shape index (κ1) is 11.8. The van der Waals surface area contributed by atoms with Gasteiger partial charge in [0.25, 0.3) is 0 Å². The van der Waals surface area contributed by atoms with E-state index < -0.39 is 16.6 Å². The Morgan fingerprint density at radius 3 is 2.73 bits per heavy atom. The summed E-state index contributed by atoms with van der Waals surface area (Å²) in [5, 5.41) is 0. The summed E-state index contributed by atoms with van der Waals surface area (Å²) >= 11 is 0. The standard InChI is InChI=1S/C10H11FO3S/c1-14-10-4-3-7(11)5-8(10)9(12)6-15(2)13/h3-5H,6H2,1-2H3. The quantitative estimate of drug-likeness (QED) is 0.734. The lowest BCUT2D eigenvalue weighted by Gasteiger charge is -2.06. The summed E-state index contributed by atoms with van der Waals surface area (Å²) in [7, 11) is 0.155. The number of halogens is 1. The van der Waals surface area contributed by atoms with E-state index in [2.05, 4.69) is 0 Å². The topological polar surface area (TPSA) is 43.4 Å². The van der Waals surface area contributed by atoms with Crippen LogP contribution in [0.2, 0.25) is 0 Å². The molecule has 0 bridgehead atoms. The molecule has 1 aromatic rings. The third-order valence-corrected chi connectivity index (χ3v) is 2.47. The van der Waals surface area contributed by atoms with Gasteiger partial charge in [0.1, 0.15) is 11.6 Å². The van der Waals surface area contributed by atoms with Crippen LogP contribution in [0.4, 0.5) is 4.39 Å². The molecule has 1 rings (SSSR count). The summed E-state index contributed by atoms with van der Waals surface area (Å²) in [6.45, 7) is 0. The summed E-state index contributed by atoms with van der Waals surface area (Å²) in [5.41, 5.74) is 0.132. The van der Waals surface area contributed by atoms with Crippen LogP contribution in [0.1, 0.15) is 10.4 Å². The number of hydrogen-bond acceptors (Lipinski definition) is 3. The molecule has 0 saturated heterocycles. The molecule has 3 nitrogen and oxygen atoms in total. The highest BCUT2D eigenvalue weighted by Gasteiger charge is 2.14. The molecule has 1 aromatic carbocycles. The molecule has 15 heavy (non-hydrogen) atoms. The van der Waals surface area contributed by atoms with Crippen molar-refractivity contribution in [2.75, 3.05) is 19.1 Å². The van der Waals surface area contributed by atoms with Crippen molar-refractivity contribution in [3.63, 3.8) is 0 Å². The van der Waals surface area contributed by atoms with Gasteiger partial charge in [-0.1, -0.05) is 0 Å². The van der Waals surface area contributed by atoms with Crippen LogP contribution >= 0.6 is 0 Å². The zero-order chi connectivity index (χ0) is 11.4. The van der Waals surface area contributed by atoms with Crippen LogP contribution in [0.15, 0.2) is 18.2 Å². The van der Waals surface area contributed by atoms with Crippen LogP contribution in [-0.2, 0) is 10.8 Å². The highest BCUT2D eigenvalue weighted by molar-refractivity contribution is 7.85. The number of methoxy groups -OCH3 is 1. The maximum atomic E-state index is 12.9. The smallest absolute Gasteiger partial charge is 0.179 e. The van der Waals surface area contributed by atoms with Crippen molar-refractivity contribution in [3.05, 3.63) is 29.6 Å². The molecule has 0 aliphatic carbocycles. The third kappa shape index (κ3) is 3.13. The lowest BCUT2D eigenvalue weighted by molar-refractivity contribution is 0.101. The molecule has 0 spiro atoms. The average Bonchev–Trinajstić information content (AvgIpc) is 2.16. The van der Waals surface area contributed by atoms with E-state index in [1.54, 1.807) is 0 Å². The summed E-state index contributed by atoms with van der Waals surface area (Å²) in [6.07, 6.45) is 1.42. The molecule has 0 amide bonds. The Bertz CT molecular complexity index is 404. The molecule has 0 aliphatic heterocycles. The molecule has 82 valence electrons. The van der Waals surface area contributed by atoms with E-state index in [9.17, 15) is 13.4 Å². The number of Topliss-reactive ketones (excluding diaryl/α,β-unsaturated/α-hetero) is 1. The monoisotopic (exact) mass is 230 g/mol. The molecular weight excluding hydrogens is 219 g/mol. The number of benzene rings is 1. The van der Waals surface area contributed by atoms with Crippen molar-refractivity contribution in [1.29, 1.82) is 0 Å². The minimum atomic E-state index is -1.24. The Morgan fingerprint density at radius 2 is 2.20 bits per heavy atom. The van der Waals surface area contributed by atoms with Crippen molar-refractivity contribution in [2.45, 2.75) is 0 Å². The number of hydrogen-bond donors (Lipinski definition) is 0. The number of ketones is 1. The van der Waals surface area contributed by atoms with Gasteiger partial charge in [-0.2, -0.15) is 0 Å². The Morgan fingerprint density at radius 1 is 1.53 bits per heavy atom. The molecule has 1 atom stereocenters. The fourth-order valence-electron chi connectivity index (χ4n) is 1.16. The minimum Gasteiger partial charge on any atom is -0.496 e. The van der Waals surface area contributed by atoms with Gasteiger partial charge in [0.15, 0.2) is 5.78 Å².